The summed E-state index contributed by atoms with van der Waals surface area (Å²) in [5, 5.41) is 0.347. The third-order valence-electron chi connectivity index (χ3n) is 5.60. The van der Waals surface area contributed by atoms with Crippen LogP contribution in [0.3, 0.4) is 0 Å². The monoisotopic (exact) mass is 429 g/mol. The molecule has 3 heterocycles. The quantitative estimate of drug-likeness (QED) is 0.541. The Morgan fingerprint density at radius 2 is 2.00 bits per heavy atom. The van der Waals surface area contributed by atoms with Gasteiger partial charge in [0.15, 0.2) is 0 Å². The molecule has 3 aliphatic rings. The molecule has 1 saturated heterocycles. The highest BCUT2D eigenvalue weighted by Gasteiger charge is 2.39. The van der Waals surface area contributed by atoms with Gasteiger partial charge in [0, 0.05) is 34.3 Å². The highest BCUT2D eigenvalue weighted by atomic mass is 35.5. The lowest BCUT2D eigenvalue weighted by Gasteiger charge is -2.35. The molecule has 1 aromatic carbocycles. The molecule has 0 bridgehead atoms. The first-order chi connectivity index (χ1) is 14.2. The molecule has 4 rings (SSSR count). The van der Waals surface area contributed by atoms with Gasteiger partial charge in [0.05, 0.1) is 11.4 Å². The molecule has 3 atom stereocenters. The van der Waals surface area contributed by atoms with Crippen LogP contribution in [0.4, 0.5) is 8.78 Å². The fraction of sp³-hybridized carbons (Fsp3) is 0.417. The molecule has 0 aliphatic carbocycles. The van der Waals surface area contributed by atoms with Gasteiger partial charge in [-0.3, -0.25) is 4.99 Å². The SMILES string of the molecule is CC(F)/C=C1/C=CC(C2=C3C[C@H](C)CN3C(C(C)C)=N[C@H]2c2ccc(F)cc2Cl)=N1. The first-order valence-electron chi connectivity index (χ1n) is 10.4. The van der Waals surface area contributed by atoms with Crippen molar-refractivity contribution in [2.75, 3.05) is 6.54 Å². The summed E-state index contributed by atoms with van der Waals surface area (Å²) < 4.78 is 27.2. The number of nitrogens with zero attached hydrogens (tertiary/aromatic N) is 3. The fourth-order valence-electron chi connectivity index (χ4n) is 4.39. The van der Waals surface area contributed by atoms with Crippen LogP contribution < -0.4 is 0 Å². The number of hydrogen-bond acceptors (Lipinski definition) is 3. The van der Waals surface area contributed by atoms with Crippen molar-refractivity contribution in [2.45, 2.75) is 46.3 Å². The molecule has 0 N–H and O–H groups in total. The maximum Gasteiger partial charge on any atom is 0.124 e. The van der Waals surface area contributed by atoms with Gasteiger partial charge in [0.25, 0.3) is 0 Å². The van der Waals surface area contributed by atoms with E-state index in [4.69, 9.17) is 16.6 Å². The predicted molar refractivity (Wildman–Crippen MR) is 119 cm³/mol. The third kappa shape index (κ3) is 3.87. The lowest BCUT2D eigenvalue weighted by atomic mass is 9.90. The van der Waals surface area contributed by atoms with Crippen LogP contribution in [0.15, 0.2) is 63.4 Å². The summed E-state index contributed by atoms with van der Waals surface area (Å²) in [6.45, 7) is 8.87. The maximum atomic E-state index is 13.7. The summed E-state index contributed by atoms with van der Waals surface area (Å²) in [5.74, 6) is 1.35. The van der Waals surface area contributed by atoms with Crippen LogP contribution in [0.1, 0.15) is 45.7 Å². The number of aliphatic imine (C=N–C) groups is 2. The minimum atomic E-state index is -1.08. The van der Waals surface area contributed by atoms with Gasteiger partial charge in [0.2, 0.25) is 0 Å². The molecule has 158 valence electrons. The van der Waals surface area contributed by atoms with Crippen molar-refractivity contribution in [3.63, 3.8) is 0 Å². The van der Waals surface area contributed by atoms with Gasteiger partial charge in [-0.25, -0.2) is 13.8 Å². The molecular weight excluding hydrogens is 404 g/mol. The molecule has 1 aromatic rings. The first-order valence-corrected chi connectivity index (χ1v) is 10.8. The second kappa shape index (κ2) is 8.10. The normalized spacial score (nSPS) is 25.9. The Morgan fingerprint density at radius 1 is 1.23 bits per heavy atom. The van der Waals surface area contributed by atoms with Gasteiger partial charge in [-0.05, 0) is 49.6 Å². The number of fused-ring (bicyclic) bond motifs is 1. The summed E-state index contributed by atoms with van der Waals surface area (Å²) >= 11 is 6.47. The van der Waals surface area contributed by atoms with E-state index in [1.807, 2.05) is 12.2 Å². The lowest BCUT2D eigenvalue weighted by molar-refractivity contribution is 0.429. The van der Waals surface area contributed by atoms with E-state index in [1.54, 1.807) is 6.07 Å². The number of amidine groups is 1. The summed E-state index contributed by atoms with van der Waals surface area (Å²) in [5.41, 5.74) is 4.29. The van der Waals surface area contributed by atoms with Crippen LogP contribution in [-0.4, -0.2) is 29.2 Å². The standard InChI is InChI=1S/C24H26ClF2N3/c1-13(2)24-29-23(18-7-5-16(27)11-19(18)25)22(21-9-14(3)12-30(21)24)20-8-6-17(28-20)10-15(4)26/h5-8,10-11,13-15,23H,9,12H2,1-4H3/b17-10-/t14-,15?,23-/m0/s1. The van der Waals surface area contributed by atoms with E-state index < -0.39 is 6.17 Å². The molecule has 0 saturated carbocycles. The van der Waals surface area contributed by atoms with Crippen molar-refractivity contribution >= 4 is 23.1 Å². The van der Waals surface area contributed by atoms with Crippen LogP contribution in [0, 0.1) is 17.7 Å². The van der Waals surface area contributed by atoms with Crippen LogP contribution in [0.2, 0.25) is 5.02 Å². The fourth-order valence-corrected chi connectivity index (χ4v) is 4.66. The average molecular weight is 430 g/mol. The van der Waals surface area contributed by atoms with Crippen LogP contribution in [-0.2, 0) is 0 Å². The molecule has 3 aliphatic heterocycles. The Bertz CT molecular complexity index is 1020. The number of halogens is 3. The summed E-state index contributed by atoms with van der Waals surface area (Å²) in [6, 6.07) is 4.08. The van der Waals surface area contributed by atoms with E-state index in [1.165, 1.54) is 30.8 Å². The molecule has 30 heavy (non-hydrogen) atoms. The van der Waals surface area contributed by atoms with Crippen LogP contribution in [0.25, 0.3) is 0 Å². The van der Waals surface area contributed by atoms with Crippen molar-refractivity contribution in [1.29, 1.82) is 0 Å². The van der Waals surface area contributed by atoms with Crippen molar-refractivity contribution in [3.05, 3.63) is 69.8 Å². The molecule has 0 spiro atoms. The minimum Gasteiger partial charge on any atom is -0.333 e. The van der Waals surface area contributed by atoms with E-state index in [0.29, 0.717) is 16.6 Å². The predicted octanol–water partition coefficient (Wildman–Crippen LogP) is 6.44. The number of rotatable bonds is 4. The van der Waals surface area contributed by atoms with Gasteiger partial charge in [-0.15, -0.1) is 0 Å². The molecule has 1 unspecified atom stereocenters. The average Bonchev–Trinajstić information content (AvgIpc) is 3.25. The van der Waals surface area contributed by atoms with E-state index >= 15 is 0 Å². The van der Waals surface area contributed by atoms with Crippen molar-refractivity contribution in [3.8, 4) is 0 Å². The Balaban J connectivity index is 1.90. The van der Waals surface area contributed by atoms with Gasteiger partial charge >= 0.3 is 0 Å². The van der Waals surface area contributed by atoms with Gasteiger partial charge in [0.1, 0.15) is 23.9 Å². The highest BCUT2D eigenvalue weighted by Crippen LogP contribution is 2.44. The van der Waals surface area contributed by atoms with Crippen molar-refractivity contribution < 1.29 is 8.78 Å². The van der Waals surface area contributed by atoms with Gasteiger partial charge in [-0.1, -0.05) is 38.4 Å². The minimum absolute atomic E-state index is 0.234. The van der Waals surface area contributed by atoms with E-state index in [2.05, 4.69) is 30.7 Å². The molecular formula is C24H26ClF2N3. The lowest BCUT2D eigenvalue weighted by Crippen LogP contribution is -2.37. The highest BCUT2D eigenvalue weighted by molar-refractivity contribution is 6.31. The second-order valence-electron chi connectivity index (χ2n) is 8.59. The number of allylic oxidation sites excluding steroid dienone is 4. The van der Waals surface area contributed by atoms with E-state index in [9.17, 15) is 8.78 Å². The van der Waals surface area contributed by atoms with Crippen molar-refractivity contribution in [1.82, 2.24) is 4.90 Å². The van der Waals surface area contributed by atoms with E-state index in [0.717, 1.165) is 35.6 Å². The van der Waals surface area contributed by atoms with Crippen LogP contribution in [0.5, 0.6) is 0 Å². The Morgan fingerprint density at radius 3 is 2.67 bits per heavy atom. The second-order valence-corrected chi connectivity index (χ2v) is 9.00. The zero-order valence-electron chi connectivity index (χ0n) is 17.7. The molecule has 6 heteroatoms. The molecule has 3 nitrogen and oxygen atoms in total. The summed E-state index contributed by atoms with van der Waals surface area (Å²) in [6.07, 6.45) is 5.06. The Kier molecular flexibility index (Phi) is 5.67. The van der Waals surface area contributed by atoms with Crippen LogP contribution >= 0.6 is 11.6 Å². The number of benzene rings is 1. The third-order valence-corrected chi connectivity index (χ3v) is 5.92. The zero-order chi connectivity index (χ0) is 21.6. The molecule has 0 radical (unpaired) electrons. The van der Waals surface area contributed by atoms with Crippen molar-refractivity contribution in [2.24, 2.45) is 21.8 Å². The van der Waals surface area contributed by atoms with E-state index in [-0.39, 0.29) is 17.8 Å². The van der Waals surface area contributed by atoms with Gasteiger partial charge in [-0.2, -0.15) is 0 Å². The molecule has 0 amide bonds. The summed E-state index contributed by atoms with van der Waals surface area (Å²) in [4.78, 5) is 12.1. The Hall–Kier alpha value is -2.27. The summed E-state index contributed by atoms with van der Waals surface area (Å²) in [7, 11) is 0. The molecule has 0 aromatic heterocycles. The smallest absolute Gasteiger partial charge is 0.124 e. The molecule has 1 fully saturated rings. The van der Waals surface area contributed by atoms with Gasteiger partial charge < -0.3 is 4.90 Å². The Labute approximate surface area is 181 Å². The topological polar surface area (TPSA) is 28.0 Å². The number of hydrogen-bond donors (Lipinski definition) is 0. The zero-order valence-corrected chi connectivity index (χ0v) is 18.4. The first kappa shape index (κ1) is 21.0. The largest absolute Gasteiger partial charge is 0.333 e. The number of alkyl halides is 1. The maximum absolute atomic E-state index is 13.7.